The molecular formula is C15H30O9. The van der Waals surface area contributed by atoms with Crippen molar-refractivity contribution < 1.29 is 44.5 Å². The fourth-order valence-corrected chi connectivity index (χ4v) is 2.39. The monoisotopic (exact) mass is 354 g/mol. The molecule has 0 aromatic heterocycles. The van der Waals surface area contributed by atoms with E-state index in [1.807, 2.05) is 0 Å². The molecule has 8 atom stereocenters. The van der Waals surface area contributed by atoms with Crippen molar-refractivity contribution in [2.75, 3.05) is 26.4 Å². The van der Waals surface area contributed by atoms with Crippen LogP contribution < -0.4 is 0 Å². The molecule has 0 bridgehead atoms. The van der Waals surface area contributed by atoms with Gasteiger partial charge < -0.3 is 44.5 Å². The predicted octanol–water partition coefficient (Wildman–Crippen LogP) is -2.01. The Labute approximate surface area is 141 Å². The molecule has 144 valence electrons. The number of hydrogen-bond donors (Lipinski definition) is 5. The van der Waals surface area contributed by atoms with Gasteiger partial charge in [0, 0.05) is 13.2 Å². The van der Waals surface area contributed by atoms with E-state index in [0.717, 1.165) is 0 Å². The summed E-state index contributed by atoms with van der Waals surface area (Å²) in [7, 11) is 0. The maximum Gasteiger partial charge on any atom is 0.186 e. The van der Waals surface area contributed by atoms with Crippen molar-refractivity contribution in [1.29, 1.82) is 0 Å². The summed E-state index contributed by atoms with van der Waals surface area (Å²) in [5.41, 5.74) is 0. The van der Waals surface area contributed by atoms with Crippen LogP contribution in [-0.4, -0.2) is 101 Å². The minimum atomic E-state index is -1.47. The van der Waals surface area contributed by atoms with Crippen molar-refractivity contribution in [1.82, 2.24) is 0 Å². The van der Waals surface area contributed by atoms with Gasteiger partial charge in [-0.05, 0) is 20.8 Å². The van der Waals surface area contributed by atoms with Crippen LogP contribution in [0.4, 0.5) is 0 Å². The van der Waals surface area contributed by atoms with Gasteiger partial charge in [0.2, 0.25) is 0 Å². The van der Waals surface area contributed by atoms with E-state index in [1.54, 1.807) is 13.8 Å². The maximum absolute atomic E-state index is 9.99. The molecule has 0 spiro atoms. The van der Waals surface area contributed by atoms with E-state index in [0.29, 0.717) is 13.2 Å². The first kappa shape index (κ1) is 21.7. The van der Waals surface area contributed by atoms with E-state index in [1.165, 1.54) is 6.92 Å². The van der Waals surface area contributed by atoms with Gasteiger partial charge in [0.25, 0.3) is 0 Å². The molecule has 1 saturated heterocycles. The fourth-order valence-electron chi connectivity index (χ4n) is 2.39. The molecule has 1 aliphatic rings. The number of hydrogen-bond acceptors (Lipinski definition) is 9. The molecule has 1 heterocycles. The van der Waals surface area contributed by atoms with Gasteiger partial charge in [-0.25, -0.2) is 0 Å². The van der Waals surface area contributed by atoms with Crippen LogP contribution in [0.2, 0.25) is 0 Å². The summed E-state index contributed by atoms with van der Waals surface area (Å²) >= 11 is 0. The van der Waals surface area contributed by atoms with Gasteiger partial charge in [-0.2, -0.15) is 0 Å². The number of aliphatic hydroxyl groups is 5. The molecule has 1 aliphatic heterocycles. The van der Waals surface area contributed by atoms with Crippen LogP contribution in [-0.2, 0) is 18.9 Å². The lowest BCUT2D eigenvalue weighted by Gasteiger charge is -2.40. The van der Waals surface area contributed by atoms with E-state index in [-0.39, 0.29) is 13.2 Å². The summed E-state index contributed by atoms with van der Waals surface area (Å²) in [6.07, 6.45) is -9.36. The van der Waals surface area contributed by atoms with E-state index in [9.17, 15) is 25.5 Å². The summed E-state index contributed by atoms with van der Waals surface area (Å²) in [5, 5.41) is 49.2. The van der Waals surface area contributed by atoms with Crippen molar-refractivity contribution in [2.45, 2.75) is 69.8 Å². The molecule has 0 amide bonds. The lowest BCUT2D eigenvalue weighted by atomic mass is 9.99. The minimum absolute atomic E-state index is 0.0342. The van der Waals surface area contributed by atoms with Gasteiger partial charge in [-0.3, -0.25) is 0 Å². The van der Waals surface area contributed by atoms with Crippen molar-refractivity contribution in [3.8, 4) is 0 Å². The van der Waals surface area contributed by atoms with Crippen LogP contribution >= 0.6 is 0 Å². The molecule has 0 aromatic rings. The minimum Gasteiger partial charge on any atom is -0.391 e. The average molecular weight is 354 g/mol. The van der Waals surface area contributed by atoms with Crippen LogP contribution in [0.25, 0.3) is 0 Å². The van der Waals surface area contributed by atoms with E-state index < -0.39 is 49.0 Å². The highest BCUT2D eigenvalue weighted by atomic mass is 16.7. The van der Waals surface area contributed by atoms with E-state index in [2.05, 4.69) is 0 Å². The Kier molecular flexibility index (Phi) is 9.57. The Morgan fingerprint density at radius 1 is 1.00 bits per heavy atom. The molecule has 0 radical (unpaired) electrons. The zero-order valence-electron chi connectivity index (χ0n) is 14.3. The second-order valence-electron chi connectivity index (χ2n) is 5.73. The highest BCUT2D eigenvalue weighted by Crippen LogP contribution is 2.23. The highest BCUT2D eigenvalue weighted by Gasteiger charge is 2.44. The quantitative estimate of drug-likeness (QED) is 0.301. The zero-order valence-corrected chi connectivity index (χ0v) is 14.3. The largest absolute Gasteiger partial charge is 0.391 e. The first-order valence-corrected chi connectivity index (χ1v) is 8.20. The van der Waals surface area contributed by atoms with Crippen LogP contribution in [0, 0.1) is 0 Å². The molecule has 0 saturated carbocycles. The second-order valence-corrected chi connectivity index (χ2v) is 5.73. The third-order valence-corrected chi connectivity index (χ3v) is 3.84. The molecule has 24 heavy (non-hydrogen) atoms. The van der Waals surface area contributed by atoms with Gasteiger partial charge in [0.15, 0.2) is 6.29 Å². The maximum atomic E-state index is 9.99. The van der Waals surface area contributed by atoms with Gasteiger partial charge in [-0.1, -0.05) is 0 Å². The van der Waals surface area contributed by atoms with Crippen LogP contribution in [0.15, 0.2) is 0 Å². The molecule has 5 N–H and O–H groups in total. The van der Waals surface area contributed by atoms with Crippen LogP contribution in [0.3, 0.4) is 0 Å². The van der Waals surface area contributed by atoms with Gasteiger partial charge in [0.05, 0.1) is 19.3 Å². The summed E-state index contributed by atoms with van der Waals surface area (Å²) in [6.45, 7) is 5.48. The average Bonchev–Trinajstić information content (AvgIpc) is 2.56. The van der Waals surface area contributed by atoms with Crippen molar-refractivity contribution in [3.05, 3.63) is 0 Å². The third kappa shape index (κ3) is 5.87. The fraction of sp³-hybridized carbons (Fsp3) is 1.00. The van der Waals surface area contributed by atoms with Gasteiger partial charge >= 0.3 is 0 Å². The molecule has 1 fully saturated rings. The number of rotatable bonds is 10. The van der Waals surface area contributed by atoms with Gasteiger partial charge in [-0.15, -0.1) is 0 Å². The lowest BCUT2D eigenvalue weighted by Crippen LogP contribution is -2.59. The molecule has 0 aliphatic carbocycles. The Hall–Kier alpha value is -0.360. The Bertz CT molecular complexity index is 341. The molecule has 9 nitrogen and oxygen atoms in total. The highest BCUT2D eigenvalue weighted by molar-refractivity contribution is 4.89. The van der Waals surface area contributed by atoms with E-state index >= 15 is 0 Å². The number of ether oxygens (including phenoxy) is 4. The van der Waals surface area contributed by atoms with Crippen LogP contribution in [0.5, 0.6) is 0 Å². The van der Waals surface area contributed by atoms with Crippen molar-refractivity contribution in [2.24, 2.45) is 0 Å². The lowest BCUT2D eigenvalue weighted by molar-refractivity contribution is -0.309. The molecule has 1 rings (SSSR count). The van der Waals surface area contributed by atoms with Crippen LogP contribution in [0.1, 0.15) is 20.8 Å². The summed E-state index contributed by atoms with van der Waals surface area (Å²) in [6, 6.07) is 0. The van der Waals surface area contributed by atoms with Crippen molar-refractivity contribution >= 4 is 0 Å². The van der Waals surface area contributed by atoms with Crippen molar-refractivity contribution in [3.63, 3.8) is 0 Å². The summed E-state index contributed by atoms with van der Waals surface area (Å²) < 4.78 is 21.4. The standard InChI is InChI=1S/C15H30O9/c1-4-21-6-10-12(18)13(19)14(20)15(24-10)23-7-9(22-5-2)11(17)8(3)16/h8-20H,4-7H2,1-3H3/t8-,9-,10-,11+,12-,13+,14-,15+/m1/s1. The zero-order chi connectivity index (χ0) is 18.3. The first-order chi connectivity index (χ1) is 11.3. The first-order valence-electron chi connectivity index (χ1n) is 8.20. The Morgan fingerprint density at radius 3 is 2.21 bits per heavy atom. The Morgan fingerprint density at radius 2 is 1.67 bits per heavy atom. The SMILES string of the molecule is CCOC[C@H]1O[C@H](OC[C@@H](OCC)[C@@H](O)[C@@H](C)O)[C@H](O)[C@@H](O)[C@@H]1O. The molecule has 0 unspecified atom stereocenters. The molecule has 0 aromatic carbocycles. The normalized spacial score (nSPS) is 34.8. The molecule has 9 heteroatoms. The summed E-state index contributed by atoms with van der Waals surface area (Å²) in [5.74, 6) is 0. The smallest absolute Gasteiger partial charge is 0.186 e. The molecular weight excluding hydrogens is 324 g/mol. The topological polar surface area (TPSA) is 138 Å². The summed E-state index contributed by atoms with van der Waals surface area (Å²) in [4.78, 5) is 0. The van der Waals surface area contributed by atoms with Gasteiger partial charge in [0.1, 0.15) is 36.6 Å². The van der Waals surface area contributed by atoms with E-state index in [4.69, 9.17) is 18.9 Å². The predicted molar refractivity (Wildman–Crippen MR) is 82.2 cm³/mol. The second kappa shape index (κ2) is 10.6. The number of aliphatic hydroxyl groups excluding tert-OH is 5. The Balaban J connectivity index is 2.65. The third-order valence-electron chi connectivity index (χ3n) is 3.84.